The Kier molecular flexibility index (Phi) is 4.47. The number of nitrogens with two attached hydrogens (primary N) is 1. The van der Waals surface area contributed by atoms with Crippen LogP contribution in [0.1, 0.15) is 19.8 Å². The van der Waals surface area contributed by atoms with Crippen LogP contribution in [0.3, 0.4) is 0 Å². The fourth-order valence-electron chi connectivity index (χ4n) is 2.70. The van der Waals surface area contributed by atoms with Gasteiger partial charge in [-0.3, -0.25) is 0 Å². The second kappa shape index (κ2) is 6.52. The second-order valence-electron chi connectivity index (χ2n) is 5.67. The molecule has 3 rings (SSSR count). The lowest BCUT2D eigenvalue weighted by atomic mass is 10.0. The topological polar surface area (TPSA) is 64.3 Å². The molecule has 0 amide bonds. The number of nitrogen functional groups attached to an aromatic ring is 1. The van der Waals surface area contributed by atoms with E-state index in [1.165, 1.54) is 12.7 Å². The van der Waals surface area contributed by atoms with E-state index in [4.69, 9.17) is 10.5 Å². The standard InChI is InChI=1S/C16H19BrN4O/c1-11-3-2-8-21(9-11)15-14(18)16(20-10-19-15)22-13-6-4-12(17)5-7-13/h4-7,10-11H,2-3,8-9,18H2,1H3. The van der Waals surface area contributed by atoms with Crippen LogP contribution in [0.5, 0.6) is 11.6 Å². The predicted molar refractivity (Wildman–Crippen MR) is 91.3 cm³/mol. The van der Waals surface area contributed by atoms with E-state index in [9.17, 15) is 0 Å². The summed E-state index contributed by atoms with van der Waals surface area (Å²) in [5.74, 6) is 2.53. The van der Waals surface area contributed by atoms with E-state index in [1.807, 2.05) is 24.3 Å². The Morgan fingerprint density at radius 2 is 2.05 bits per heavy atom. The van der Waals surface area contributed by atoms with E-state index in [0.29, 0.717) is 23.2 Å². The van der Waals surface area contributed by atoms with Crippen molar-refractivity contribution >= 4 is 27.4 Å². The molecule has 0 spiro atoms. The predicted octanol–water partition coefficient (Wildman–Crippen LogP) is 3.85. The maximum Gasteiger partial charge on any atom is 0.248 e. The minimum atomic E-state index is 0.408. The molecule has 1 aromatic carbocycles. The second-order valence-corrected chi connectivity index (χ2v) is 6.58. The van der Waals surface area contributed by atoms with Gasteiger partial charge in [0.1, 0.15) is 17.8 Å². The van der Waals surface area contributed by atoms with Crippen molar-refractivity contribution in [3.05, 3.63) is 35.1 Å². The number of benzene rings is 1. The van der Waals surface area contributed by atoms with E-state index in [0.717, 1.165) is 29.8 Å². The van der Waals surface area contributed by atoms with E-state index in [-0.39, 0.29) is 0 Å². The van der Waals surface area contributed by atoms with Crippen LogP contribution in [0, 0.1) is 5.92 Å². The first-order valence-electron chi connectivity index (χ1n) is 7.42. The zero-order valence-electron chi connectivity index (χ0n) is 12.5. The minimum absolute atomic E-state index is 0.408. The summed E-state index contributed by atoms with van der Waals surface area (Å²) in [4.78, 5) is 10.8. The van der Waals surface area contributed by atoms with Gasteiger partial charge in [-0.05, 0) is 43.0 Å². The Hall–Kier alpha value is -1.82. The first-order valence-corrected chi connectivity index (χ1v) is 8.21. The van der Waals surface area contributed by atoms with E-state index < -0.39 is 0 Å². The lowest BCUT2D eigenvalue weighted by Gasteiger charge is -2.32. The Labute approximate surface area is 138 Å². The van der Waals surface area contributed by atoms with Crippen molar-refractivity contribution in [3.63, 3.8) is 0 Å². The van der Waals surface area contributed by atoms with Gasteiger partial charge in [0, 0.05) is 17.6 Å². The number of nitrogens with zero attached hydrogens (tertiary/aromatic N) is 3. The fraction of sp³-hybridized carbons (Fsp3) is 0.375. The number of piperidine rings is 1. The lowest BCUT2D eigenvalue weighted by molar-refractivity contribution is 0.441. The van der Waals surface area contributed by atoms with Crippen molar-refractivity contribution in [3.8, 4) is 11.6 Å². The number of hydrogen-bond acceptors (Lipinski definition) is 5. The van der Waals surface area contributed by atoms with Crippen molar-refractivity contribution in [2.24, 2.45) is 5.92 Å². The van der Waals surface area contributed by atoms with Crippen LogP contribution in [-0.4, -0.2) is 23.1 Å². The molecule has 116 valence electrons. The van der Waals surface area contributed by atoms with Gasteiger partial charge in [0.15, 0.2) is 5.82 Å². The van der Waals surface area contributed by atoms with Crippen LogP contribution >= 0.6 is 15.9 Å². The molecule has 1 unspecified atom stereocenters. The summed E-state index contributed by atoms with van der Waals surface area (Å²) in [6.45, 7) is 4.20. The molecule has 1 aromatic heterocycles. The fourth-order valence-corrected chi connectivity index (χ4v) is 2.96. The molecule has 2 aromatic rings. The highest BCUT2D eigenvalue weighted by atomic mass is 79.9. The van der Waals surface area contributed by atoms with Gasteiger partial charge in [0.05, 0.1) is 0 Å². The first-order chi connectivity index (χ1) is 10.6. The Balaban J connectivity index is 1.83. The monoisotopic (exact) mass is 362 g/mol. The van der Waals surface area contributed by atoms with Crippen molar-refractivity contribution < 1.29 is 4.74 Å². The molecule has 1 saturated heterocycles. The Morgan fingerprint density at radius 3 is 2.77 bits per heavy atom. The van der Waals surface area contributed by atoms with Gasteiger partial charge in [-0.1, -0.05) is 22.9 Å². The smallest absolute Gasteiger partial charge is 0.248 e. The van der Waals surface area contributed by atoms with Crippen LogP contribution in [0.2, 0.25) is 0 Å². The Bertz CT molecular complexity index is 647. The molecule has 22 heavy (non-hydrogen) atoms. The molecule has 0 aliphatic carbocycles. The van der Waals surface area contributed by atoms with Gasteiger partial charge >= 0.3 is 0 Å². The maximum atomic E-state index is 6.24. The molecule has 2 heterocycles. The highest BCUT2D eigenvalue weighted by Gasteiger charge is 2.21. The third-order valence-corrected chi connectivity index (χ3v) is 4.34. The number of halogens is 1. The third kappa shape index (κ3) is 3.32. The summed E-state index contributed by atoms with van der Waals surface area (Å²) in [6.07, 6.45) is 3.93. The van der Waals surface area contributed by atoms with E-state index >= 15 is 0 Å². The number of rotatable bonds is 3. The summed E-state index contributed by atoms with van der Waals surface area (Å²) in [6, 6.07) is 7.57. The molecule has 6 heteroatoms. The molecule has 1 aliphatic rings. The molecular weight excluding hydrogens is 344 g/mol. The van der Waals surface area contributed by atoms with Gasteiger partial charge in [-0.15, -0.1) is 0 Å². The molecular formula is C16H19BrN4O. The van der Waals surface area contributed by atoms with E-state index in [1.54, 1.807) is 0 Å². The van der Waals surface area contributed by atoms with Crippen LogP contribution < -0.4 is 15.4 Å². The average Bonchev–Trinajstić information content (AvgIpc) is 2.51. The first kappa shape index (κ1) is 15.1. The molecule has 1 aliphatic heterocycles. The number of anilines is 2. The summed E-state index contributed by atoms with van der Waals surface area (Å²) < 4.78 is 6.80. The average molecular weight is 363 g/mol. The zero-order valence-corrected chi connectivity index (χ0v) is 14.1. The maximum absolute atomic E-state index is 6.24. The molecule has 0 radical (unpaired) electrons. The van der Waals surface area contributed by atoms with Crippen molar-refractivity contribution in [1.29, 1.82) is 0 Å². The minimum Gasteiger partial charge on any atom is -0.437 e. The SMILES string of the molecule is CC1CCCN(c2ncnc(Oc3ccc(Br)cc3)c2N)C1. The molecule has 5 nitrogen and oxygen atoms in total. The van der Waals surface area contributed by atoms with Gasteiger partial charge in [0.25, 0.3) is 0 Å². The van der Waals surface area contributed by atoms with Crippen molar-refractivity contribution in [2.45, 2.75) is 19.8 Å². The van der Waals surface area contributed by atoms with Crippen LogP contribution in [0.4, 0.5) is 11.5 Å². The largest absolute Gasteiger partial charge is 0.437 e. The van der Waals surface area contributed by atoms with Crippen molar-refractivity contribution in [1.82, 2.24) is 9.97 Å². The third-order valence-electron chi connectivity index (χ3n) is 3.81. The van der Waals surface area contributed by atoms with Gasteiger partial charge in [0.2, 0.25) is 5.88 Å². The number of aromatic nitrogens is 2. The summed E-state index contributed by atoms with van der Waals surface area (Å²) in [5, 5.41) is 0. The lowest BCUT2D eigenvalue weighted by Crippen LogP contribution is -2.35. The van der Waals surface area contributed by atoms with Crippen LogP contribution in [-0.2, 0) is 0 Å². The quantitative estimate of drug-likeness (QED) is 0.898. The summed E-state index contributed by atoms with van der Waals surface area (Å²) >= 11 is 3.40. The molecule has 1 atom stereocenters. The molecule has 2 N–H and O–H groups in total. The van der Waals surface area contributed by atoms with Gasteiger partial charge in [-0.2, -0.15) is 4.98 Å². The normalized spacial score (nSPS) is 18.3. The highest BCUT2D eigenvalue weighted by Crippen LogP contribution is 2.33. The van der Waals surface area contributed by atoms with E-state index in [2.05, 4.69) is 37.7 Å². The highest BCUT2D eigenvalue weighted by molar-refractivity contribution is 9.10. The van der Waals surface area contributed by atoms with Crippen LogP contribution in [0.15, 0.2) is 35.1 Å². The van der Waals surface area contributed by atoms with Gasteiger partial charge in [-0.25, -0.2) is 4.98 Å². The van der Waals surface area contributed by atoms with Crippen molar-refractivity contribution in [2.75, 3.05) is 23.7 Å². The number of hydrogen-bond donors (Lipinski definition) is 1. The van der Waals surface area contributed by atoms with Crippen LogP contribution in [0.25, 0.3) is 0 Å². The molecule has 0 bridgehead atoms. The molecule has 1 fully saturated rings. The Morgan fingerprint density at radius 1 is 1.27 bits per heavy atom. The summed E-state index contributed by atoms with van der Waals surface area (Å²) in [7, 11) is 0. The zero-order chi connectivity index (χ0) is 15.5. The van der Waals surface area contributed by atoms with Gasteiger partial charge < -0.3 is 15.4 Å². The summed E-state index contributed by atoms with van der Waals surface area (Å²) in [5.41, 5.74) is 6.74. The number of ether oxygens (including phenoxy) is 1. The molecule has 0 saturated carbocycles.